The lowest BCUT2D eigenvalue weighted by atomic mass is 10.2. The Balaban J connectivity index is 2.14. The second-order valence-corrected chi connectivity index (χ2v) is 4.65. The minimum Gasteiger partial charge on any atom is -0.392 e. The molecule has 0 aromatic rings. The van der Waals surface area contributed by atoms with Crippen LogP contribution in [0.4, 0.5) is 0 Å². The van der Waals surface area contributed by atoms with Gasteiger partial charge >= 0.3 is 0 Å². The van der Waals surface area contributed by atoms with Crippen LogP contribution in [0.15, 0.2) is 0 Å². The summed E-state index contributed by atoms with van der Waals surface area (Å²) in [7, 11) is 0. The lowest BCUT2D eigenvalue weighted by Crippen LogP contribution is -2.49. The maximum absolute atomic E-state index is 9.37. The Morgan fingerprint density at radius 3 is 2.27 bits per heavy atom. The maximum atomic E-state index is 9.37. The van der Waals surface area contributed by atoms with Crippen LogP contribution >= 0.6 is 0 Å². The molecule has 1 atom stereocenters. The van der Waals surface area contributed by atoms with E-state index in [0.29, 0.717) is 12.6 Å². The Labute approximate surface area is 93.0 Å². The van der Waals surface area contributed by atoms with Crippen LogP contribution in [-0.2, 0) is 0 Å². The first kappa shape index (κ1) is 12.9. The van der Waals surface area contributed by atoms with Crippen molar-refractivity contribution < 1.29 is 5.11 Å². The van der Waals surface area contributed by atoms with E-state index < -0.39 is 0 Å². The van der Waals surface area contributed by atoms with Gasteiger partial charge in [-0.25, -0.2) is 0 Å². The molecule has 4 heteroatoms. The zero-order chi connectivity index (χ0) is 11.3. The molecule has 1 saturated heterocycles. The van der Waals surface area contributed by atoms with Crippen LogP contribution in [0.5, 0.6) is 0 Å². The average molecular weight is 215 g/mol. The van der Waals surface area contributed by atoms with Gasteiger partial charge in [-0.1, -0.05) is 0 Å². The van der Waals surface area contributed by atoms with Crippen molar-refractivity contribution in [3.8, 4) is 0 Å². The summed E-state index contributed by atoms with van der Waals surface area (Å²) >= 11 is 0. The molecule has 0 aromatic carbocycles. The molecule has 1 aliphatic rings. The summed E-state index contributed by atoms with van der Waals surface area (Å²) in [4.78, 5) is 4.91. The van der Waals surface area contributed by atoms with Crippen molar-refractivity contribution in [3.63, 3.8) is 0 Å². The number of rotatable bonds is 5. The molecule has 3 N–H and O–H groups in total. The van der Waals surface area contributed by atoms with Gasteiger partial charge < -0.3 is 15.7 Å². The Kier molecular flexibility index (Phi) is 5.53. The topological polar surface area (TPSA) is 52.7 Å². The molecule has 15 heavy (non-hydrogen) atoms. The molecule has 1 unspecified atom stereocenters. The van der Waals surface area contributed by atoms with Crippen molar-refractivity contribution in [2.45, 2.75) is 32.4 Å². The van der Waals surface area contributed by atoms with Gasteiger partial charge in [-0.2, -0.15) is 0 Å². The molecule has 1 heterocycles. The molecule has 1 rings (SSSR count). The van der Waals surface area contributed by atoms with Gasteiger partial charge in [-0.3, -0.25) is 4.90 Å². The molecule has 0 bridgehead atoms. The van der Waals surface area contributed by atoms with Crippen molar-refractivity contribution in [1.29, 1.82) is 0 Å². The highest BCUT2D eigenvalue weighted by Crippen LogP contribution is 2.06. The maximum Gasteiger partial charge on any atom is 0.0674 e. The van der Waals surface area contributed by atoms with Gasteiger partial charge in [0.1, 0.15) is 0 Å². The number of piperazine rings is 1. The van der Waals surface area contributed by atoms with Crippen molar-refractivity contribution in [2.75, 3.05) is 39.3 Å². The van der Waals surface area contributed by atoms with Gasteiger partial charge in [0.2, 0.25) is 0 Å². The lowest BCUT2D eigenvalue weighted by molar-refractivity contribution is 0.0900. The third kappa shape index (κ3) is 4.47. The van der Waals surface area contributed by atoms with Crippen LogP contribution in [0.2, 0.25) is 0 Å². The van der Waals surface area contributed by atoms with E-state index in [1.807, 2.05) is 0 Å². The standard InChI is InChI=1S/C11H25N3O/c1-10(2)14-7-5-13(6-8-14)4-3-11(15)9-12/h10-11,15H,3-9,12H2,1-2H3. The van der Waals surface area contributed by atoms with Gasteiger partial charge in [0.15, 0.2) is 0 Å². The fourth-order valence-electron chi connectivity index (χ4n) is 1.95. The minimum atomic E-state index is -0.326. The quantitative estimate of drug-likeness (QED) is 0.662. The van der Waals surface area contributed by atoms with E-state index >= 15 is 0 Å². The van der Waals surface area contributed by atoms with Crippen LogP contribution < -0.4 is 5.73 Å². The summed E-state index contributed by atoms with van der Waals surface area (Å²) in [5.41, 5.74) is 5.37. The number of nitrogens with zero attached hydrogens (tertiary/aromatic N) is 2. The Morgan fingerprint density at radius 1 is 1.20 bits per heavy atom. The molecular formula is C11H25N3O. The molecule has 90 valence electrons. The molecule has 0 saturated carbocycles. The van der Waals surface area contributed by atoms with Gasteiger partial charge in [0.25, 0.3) is 0 Å². The van der Waals surface area contributed by atoms with Crippen LogP contribution in [0, 0.1) is 0 Å². The highest BCUT2D eigenvalue weighted by Gasteiger charge is 2.18. The monoisotopic (exact) mass is 215 g/mol. The predicted molar refractivity (Wildman–Crippen MR) is 62.8 cm³/mol. The number of hydrogen-bond donors (Lipinski definition) is 2. The predicted octanol–water partition coefficient (Wildman–Crippen LogP) is -0.278. The van der Waals surface area contributed by atoms with E-state index in [4.69, 9.17) is 5.73 Å². The molecular weight excluding hydrogens is 190 g/mol. The first-order valence-corrected chi connectivity index (χ1v) is 5.98. The van der Waals surface area contributed by atoms with Crippen LogP contribution in [0.1, 0.15) is 20.3 Å². The molecule has 0 aliphatic carbocycles. The highest BCUT2D eigenvalue weighted by molar-refractivity contribution is 4.74. The van der Waals surface area contributed by atoms with Gasteiger partial charge in [-0.15, -0.1) is 0 Å². The summed E-state index contributed by atoms with van der Waals surface area (Å²) in [5.74, 6) is 0. The van der Waals surface area contributed by atoms with E-state index in [1.54, 1.807) is 0 Å². The number of aliphatic hydroxyl groups excluding tert-OH is 1. The number of aliphatic hydroxyl groups is 1. The lowest BCUT2D eigenvalue weighted by Gasteiger charge is -2.37. The van der Waals surface area contributed by atoms with Crippen molar-refractivity contribution in [1.82, 2.24) is 9.80 Å². The summed E-state index contributed by atoms with van der Waals surface area (Å²) in [6, 6.07) is 0.654. The second-order valence-electron chi connectivity index (χ2n) is 4.65. The van der Waals surface area contributed by atoms with Gasteiger partial charge in [0.05, 0.1) is 6.10 Å². The first-order valence-electron chi connectivity index (χ1n) is 5.98. The van der Waals surface area contributed by atoms with E-state index in [9.17, 15) is 5.11 Å². The molecule has 4 nitrogen and oxygen atoms in total. The largest absolute Gasteiger partial charge is 0.392 e. The summed E-state index contributed by atoms with van der Waals surface area (Å²) in [5, 5.41) is 9.37. The van der Waals surface area contributed by atoms with E-state index in [1.165, 1.54) is 0 Å². The van der Waals surface area contributed by atoms with E-state index in [2.05, 4.69) is 23.6 Å². The van der Waals surface area contributed by atoms with Crippen LogP contribution in [0.3, 0.4) is 0 Å². The molecule has 0 aromatic heterocycles. The van der Waals surface area contributed by atoms with Crippen molar-refractivity contribution >= 4 is 0 Å². The fourth-order valence-corrected chi connectivity index (χ4v) is 1.95. The highest BCUT2D eigenvalue weighted by atomic mass is 16.3. The number of hydrogen-bond acceptors (Lipinski definition) is 4. The molecule has 0 radical (unpaired) electrons. The second kappa shape index (κ2) is 6.43. The first-order chi connectivity index (χ1) is 7.13. The van der Waals surface area contributed by atoms with Crippen LogP contribution in [0.25, 0.3) is 0 Å². The third-order valence-electron chi connectivity index (χ3n) is 3.19. The Morgan fingerprint density at radius 2 is 1.80 bits per heavy atom. The normalized spacial score (nSPS) is 22.2. The SMILES string of the molecule is CC(C)N1CCN(CCC(O)CN)CC1. The fraction of sp³-hybridized carbons (Fsp3) is 1.00. The smallest absolute Gasteiger partial charge is 0.0674 e. The minimum absolute atomic E-state index is 0.326. The van der Waals surface area contributed by atoms with Gasteiger partial charge in [-0.05, 0) is 20.3 Å². The van der Waals surface area contributed by atoms with E-state index in [0.717, 1.165) is 39.1 Å². The molecule has 1 aliphatic heterocycles. The summed E-state index contributed by atoms with van der Waals surface area (Å²) in [6.45, 7) is 10.4. The molecule has 0 amide bonds. The van der Waals surface area contributed by atoms with E-state index in [-0.39, 0.29) is 6.10 Å². The number of nitrogens with two attached hydrogens (primary N) is 1. The Hall–Kier alpha value is -0.160. The van der Waals surface area contributed by atoms with Crippen LogP contribution in [-0.4, -0.2) is 66.3 Å². The molecule has 1 fully saturated rings. The van der Waals surface area contributed by atoms with Gasteiger partial charge in [0, 0.05) is 45.3 Å². The third-order valence-corrected chi connectivity index (χ3v) is 3.19. The van der Waals surface area contributed by atoms with Crippen molar-refractivity contribution in [3.05, 3.63) is 0 Å². The van der Waals surface area contributed by atoms with Crippen molar-refractivity contribution in [2.24, 2.45) is 5.73 Å². The summed E-state index contributed by atoms with van der Waals surface area (Å²) in [6.07, 6.45) is 0.478. The average Bonchev–Trinajstić information content (AvgIpc) is 2.26. The zero-order valence-corrected chi connectivity index (χ0v) is 10.0. The zero-order valence-electron chi connectivity index (χ0n) is 10.0. The Bertz CT molecular complexity index is 167. The summed E-state index contributed by atoms with van der Waals surface area (Å²) < 4.78 is 0. The molecule has 0 spiro atoms.